The number of carbonyl (C=O) groups excluding carboxylic acids is 2. The van der Waals surface area contributed by atoms with Gasteiger partial charge in [0.15, 0.2) is 11.2 Å². The molecule has 0 aromatic rings. The van der Waals surface area contributed by atoms with Gasteiger partial charge < -0.3 is 19.5 Å². The number of carbonyl (C=O) groups is 2. The predicted molar refractivity (Wildman–Crippen MR) is 174 cm³/mol. The monoisotopic (exact) mass is 626 g/mol. The van der Waals surface area contributed by atoms with Gasteiger partial charge in [-0.2, -0.15) is 0 Å². The summed E-state index contributed by atoms with van der Waals surface area (Å²) in [6, 6.07) is 1.58. The van der Waals surface area contributed by atoms with Gasteiger partial charge in [-0.3, -0.25) is 14.7 Å². The molecular weight excluding hydrogens is 580 g/mol. The van der Waals surface area contributed by atoms with Crippen LogP contribution in [-0.4, -0.2) is 122 Å². The zero-order valence-corrected chi connectivity index (χ0v) is 27.7. The Bertz CT molecular complexity index is 1550. The Balaban J connectivity index is 0.000000149. The third-order valence-corrected chi connectivity index (χ3v) is 11.3. The van der Waals surface area contributed by atoms with E-state index in [1.165, 1.54) is 12.8 Å². The summed E-state index contributed by atoms with van der Waals surface area (Å²) in [5, 5.41) is 3.03. The lowest BCUT2D eigenvalue weighted by molar-refractivity contribution is -0.149. The third kappa shape index (κ3) is 5.00. The molecule has 2 aliphatic carbocycles. The van der Waals surface area contributed by atoms with Crippen molar-refractivity contribution in [3.63, 3.8) is 0 Å². The second-order valence-corrected chi connectivity index (χ2v) is 14.1. The van der Waals surface area contributed by atoms with E-state index in [1.54, 1.807) is 19.3 Å². The van der Waals surface area contributed by atoms with Gasteiger partial charge in [0.05, 0.1) is 31.3 Å². The number of hydrogen-bond acceptors (Lipinski definition) is 9. The van der Waals surface area contributed by atoms with E-state index in [9.17, 15) is 9.59 Å². The normalized spacial score (nSPS) is 37.0. The lowest BCUT2D eigenvalue weighted by atomic mass is 9.77. The van der Waals surface area contributed by atoms with E-state index < -0.39 is 11.2 Å². The fourth-order valence-electron chi connectivity index (χ4n) is 9.43. The minimum Gasteiger partial charge on any atom is -0.449 e. The molecule has 244 valence electrons. The lowest BCUT2D eigenvalue weighted by Gasteiger charge is -2.38. The van der Waals surface area contributed by atoms with E-state index in [0.717, 1.165) is 60.9 Å². The maximum atomic E-state index is 12.2. The van der Waals surface area contributed by atoms with Gasteiger partial charge in [-0.15, -0.1) is 0 Å². The zero-order valence-electron chi connectivity index (χ0n) is 27.7. The average molecular weight is 627 g/mol. The molecule has 4 bridgehead atoms. The van der Waals surface area contributed by atoms with Crippen LogP contribution >= 0.6 is 0 Å². The molecule has 6 aliphatic heterocycles. The van der Waals surface area contributed by atoms with Gasteiger partial charge in [-0.25, -0.2) is 9.59 Å². The van der Waals surface area contributed by atoms with Crippen LogP contribution in [0.3, 0.4) is 0 Å². The maximum absolute atomic E-state index is 12.2. The maximum Gasteiger partial charge on any atom is 0.332 e. The number of nitrogens with one attached hydrogen (secondary N) is 1. The van der Waals surface area contributed by atoms with E-state index in [2.05, 4.69) is 57.9 Å². The number of nitrogens with zero attached hydrogens (tertiary/aromatic N) is 3. The van der Waals surface area contributed by atoms with E-state index in [-0.39, 0.29) is 30.1 Å². The molecule has 0 aromatic carbocycles. The summed E-state index contributed by atoms with van der Waals surface area (Å²) in [7, 11) is 7.66. The molecule has 0 saturated carbocycles. The summed E-state index contributed by atoms with van der Waals surface area (Å²) < 4.78 is 17.4. The molecular formula is C37H46N4O5. The molecule has 4 saturated heterocycles. The van der Waals surface area contributed by atoms with Crippen LogP contribution in [0.1, 0.15) is 51.9 Å². The zero-order chi connectivity index (χ0) is 32.2. The number of piperidine rings is 1. The standard InChI is InChI=1S/C20H26N2O3.C17H20N2O2/c1-13(24-4)17-7-8-18-20-12-15(22(17)18)10-14(6-5-9-21(2)3)16(20)11-19(23)25-20;1-18-7-4-5-12-9-13-11-17(14(12)10-16(20)21-17)15-6-2-3-8-19(13)15/h10-11,13,15,17-18H,7-9,12H2,1-4H3;9-10,13,15,18H,2-3,6-8,11H2,1H3/t13?,15-,17-,18-,20+;13-,15-,17+/m11/s1. The van der Waals surface area contributed by atoms with Crippen LogP contribution in [-0.2, 0) is 23.8 Å². The Morgan fingerprint density at radius 3 is 2.28 bits per heavy atom. The van der Waals surface area contributed by atoms with Crippen molar-refractivity contribution in [3.8, 4) is 23.7 Å². The van der Waals surface area contributed by atoms with Crippen molar-refractivity contribution in [2.45, 2.75) is 99.4 Å². The molecule has 46 heavy (non-hydrogen) atoms. The highest BCUT2D eigenvalue weighted by Gasteiger charge is 2.65. The number of fused-ring (bicyclic) bond motifs is 6. The minimum absolute atomic E-state index is 0.168. The summed E-state index contributed by atoms with van der Waals surface area (Å²) in [5.74, 6) is 12.5. The van der Waals surface area contributed by atoms with Crippen molar-refractivity contribution < 1.29 is 23.8 Å². The third-order valence-electron chi connectivity index (χ3n) is 11.3. The smallest absolute Gasteiger partial charge is 0.332 e. The van der Waals surface area contributed by atoms with E-state index in [4.69, 9.17) is 14.2 Å². The molecule has 0 amide bonds. The fraction of sp³-hybridized carbons (Fsp3) is 0.622. The van der Waals surface area contributed by atoms with Crippen LogP contribution in [0.5, 0.6) is 0 Å². The molecule has 4 fully saturated rings. The van der Waals surface area contributed by atoms with E-state index in [1.807, 2.05) is 26.0 Å². The Morgan fingerprint density at radius 2 is 1.61 bits per heavy atom. The van der Waals surface area contributed by atoms with Crippen LogP contribution in [0.25, 0.3) is 0 Å². The molecule has 0 radical (unpaired) electrons. The average Bonchev–Trinajstić information content (AvgIpc) is 3.82. The first-order chi connectivity index (χ1) is 22.2. The van der Waals surface area contributed by atoms with Crippen molar-refractivity contribution in [3.05, 3.63) is 46.6 Å². The Kier molecular flexibility index (Phi) is 8.28. The number of hydrogen-bond donors (Lipinski definition) is 1. The van der Waals surface area contributed by atoms with Crippen LogP contribution < -0.4 is 5.32 Å². The molecule has 1 unspecified atom stereocenters. The number of rotatable bonds is 4. The molecule has 8 atom stereocenters. The number of methoxy groups -OCH3 is 1. The van der Waals surface area contributed by atoms with Crippen LogP contribution in [0.4, 0.5) is 0 Å². The van der Waals surface area contributed by atoms with Gasteiger partial charge in [0.2, 0.25) is 0 Å². The number of esters is 2. The van der Waals surface area contributed by atoms with Crippen molar-refractivity contribution in [1.29, 1.82) is 0 Å². The molecule has 0 aromatic heterocycles. The quantitative estimate of drug-likeness (QED) is 0.374. The summed E-state index contributed by atoms with van der Waals surface area (Å²) in [6.45, 7) is 4.60. The molecule has 8 rings (SSSR count). The summed E-state index contributed by atoms with van der Waals surface area (Å²) in [6.07, 6.45) is 15.5. The lowest BCUT2D eigenvalue weighted by Crippen LogP contribution is -2.48. The molecule has 9 nitrogen and oxygen atoms in total. The fourth-order valence-corrected chi connectivity index (χ4v) is 9.43. The van der Waals surface area contributed by atoms with Gasteiger partial charge in [0, 0.05) is 72.5 Å². The first-order valence-electron chi connectivity index (χ1n) is 16.9. The molecule has 2 spiro atoms. The van der Waals surface area contributed by atoms with Crippen LogP contribution in [0.15, 0.2) is 46.6 Å². The Morgan fingerprint density at radius 1 is 0.957 bits per heavy atom. The highest BCUT2D eigenvalue weighted by Crippen LogP contribution is 2.56. The van der Waals surface area contributed by atoms with Gasteiger partial charge in [0.1, 0.15) is 0 Å². The van der Waals surface area contributed by atoms with Crippen molar-refractivity contribution in [2.24, 2.45) is 0 Å². The van der Waals surface area contributed by atoms with Crippen molar-refractivity contribution in [1.82, 2.24) is 20.0 Å². The van der Waals surface area contributed by atoms with Gasteiger partial charge >= 0.3 is 11.9 Å². The van der Waals surface area contributed by atoms with Gasteiger partial charge in [-0.05, 0) is 60.3 Å². The van der Waals surface area contributed by atoms with Gasteiger partial charge in [0.25, 0.3) is 0 Å². The largest absolute Gasteiger partial charge is 0.449 e. The summed E-state index contributed by atoms with van der Waals surface area (Å²) >= 11 is 0. The SMILES string of the molecule is CNCC#CC1=C[C@@H]2C[C@@]3(OC(=O)C=C13)[C@H]1CCCCN21.COC(C)[C@H]1CC[C@H]2N1[C@@H]1C=C(C#CCN(C)C)C3=CC(=O)O[C@@]32C1. The topological polar surface area (TPSA) is 83.6 Å². The van der Waals surface area contributed by atoms with Gasteiger partial charge in [-0.1, -0.05) is 42.3 Å². The summed E-state index contributed by atoms with van der Waals surface area (Å²) in [5.41, 5.74) is 3.09. The Hall–Kier alpha value is -3.18. The van der Waals surface area contributed by atoms with Crippen LogP contribution in [0, 0.1) is 23.7 Å². The molecule has 8 aliphatic rings. The first-order valence-corrected chi connectivity index (χ1v) is 16.9. The predicted octanol–water partition coefficient (Wildman–Crippen LogP) is 2.35. The van der Waals surface area contributed by atoms with Crippen LogP contribution in [0.2, 0.25) is 0 Å². The second kappa shape index (κ2) is 12.1. The van der Waals surface area contributed by atoms with E-state index in [0.29, 0.717) is 31.2 Å². The Labute approximate surface area is 273 Å². The second-order valence-electron chi connectivity index (χ2n) is 14.1. The van der Waals surface area contributed by atoms with Crippen molar-refractivity contribution >= 4 is 11.9 Å². The molecule has 6 heterocycles. The minimum atomic E-state index is -0.499. The number of ether oxygens (including phenoxy) is 3. The highest BCUT2D eigenvalue weighted by molar-refractivity contribution is 5.90. The first kappa shape index (κ1) is 31.4. The highest BCUT2D eigenvalue weighted by atomic mass is 16.6. The van der Waals surface area contributed by atoms with E-state index >= 15 is 0 Å². The summed E-state index contributed by atoms with van der Waals surface area (Å²) in [4.78, 5) is 31.2. The van der Waals surface area contributed by atoms with Crippen molar-refractivity contribution in [2.75, 3.05) is 47.9 Å². The molecule has 1 N–H and O–H groups in total. The molecule has 9 heteroatoms.